The molecule has 2 nitrogen and oxygen atoms in total. The first-order valence-corrected chi connectivity index (χ1v) is 7.10. The number of hydrogen-bond acceptors (Lipinski definition) is 2. The van der Waals surface area contributed by atoms with Crippen molar-refractivity contribution in [1.82, 2.24) is 0 Å². The van der Waals surface area contributed by atoms with E-state index in [-0.39, 0.29) is 11.2 Å². The molecule has 2 heteroatoms. The van der Waals surface area contributed by atoms with Gasteiger partial charge in [0.25, 0.3) is 0 Å². The fraction of sp³-hybridized carbons (Fsp3) is 0.867. The summed E-state index contributed by atoms with van der Waals surface area (Å²) in [6.45, 7) is 9.15. The highest BCUT2D eigenvalue weighted by atomic mass is 17.2. The number of rotatable bonds is 1. The van der Waals surface area contributed by atoms with Gasteiger partial charge in [0.15, 0.2) is 0 Å². The van der Waals surface area contributed by atoms with Gasteiger partial charge in [-0.05, 0) is 55.1 Å². The van der Waals surface area contributed by atoms with Gasteiger partial charge < -0.3 is 0 Å². The quantitative estimate of drug-likeness (QED) is 0.508. The summed E-state index contributed by atoms with van der Waals surface area (Å²) in [6, 6.07) is 0. The molecule has 0 unspecified atom stereocenters. The summed E-state index contributed by atoms with van der Waals surface area (Å²) in [4.78, 5) is 11.9. The van der Waals surface area contributed by atoms with Gasteiger partial charge in [-0.3, -0.25) is 0 Å². The van der Waals surface area contributed by atoms with Crippen LogP contribution in [0.4, 0.5) is 0 Å². The average molecular weight is 236 g/mol. The Hall–Kier alpha value is -0.340. The summed E-state index contributed by atoms with van der Waals surface area (Å²) in [6.07, 6.45) is 7.13. The van der Waals surface area contributed by atoms with Gasteiger partial charge in [-0.15, -0.1) is 0 Å². The van der Waals surface area contributed by atoms with Crippen LogP contribution >= 0.6 is 0 Å². The molecule has 2 aliphatic heterocycles. The normalized spacial score (nSPS) is 49.1. The van der Waals surface area contributed by atoms with Crippen molar-refractivity contribution in [3.8, 4) is 0 Å². The van der Waals surface area contributed by atoms with E-state index in [0.29, 0.717) is 17.8 Å². The molecule has 4 rings (SSSR count). The Labute approximate surface area is 104 Å². The maximum atomic E-state index is 5.99. The zero-order chi connectivity index (χ0) is 12.3. The minimum absolute atomic E-state index is 0.0890. The van der Waals surface area contributed by atoms with Crippen LogP contribution in [-0.2, 0) is 9.78 Å². The van der Waals surface area contributed by atoms with Gasteiger partial charge in [-0.25, -0.2) is 9.78 Å². The number of fused-ring (bicyclic) bond motifs is 3. The molecule has 1 spiro atoms. The molecule has 2 heterocycles. The second-order valence-electron chi connectivity index (χ2n) is 6.64. The van der Waals surface area contributed by atoms with Crippen LogP contribution in [0.1, 0.15) is 53.4 Å². The third-order valence-corrected chi connectivity index (χ3v) is 5.46. The molecule has 1 saturated carbocycles. The van der Waals surface area contributed by atoms with E-state index >= 15 is 0 Å². The third-order valence-electron chi connectivity index (χ3n) is 5.46. The molecular formula is C15H24O2. The Kier molecular flexibility index (Phi) is 2.47. The Morgan fingerprint density at radius 2 is 1.94 bits per heavy atom. The minimum atomic E-state index is -0.164. The first-order chi connectivity index (χ1) is 8.00. The van der Waals surface area contributed by atoms with Crippen LogP contribution in [0.15, 0.2) is 11.6 Å². The fourth-order valence-corrected chi connectivity index (χ4v) is 3.89. The SMILES string of the molecule is CC(C)[C@@]12C=C3[C@H](C)CC[C@]3(OO1)[C@H](C)CC2. The van der Waals surface area contributed by atoms with E-state index in [1.807, 2.05) is 0 Å². The fourth-order valence-electron chi connectivity index (χ4n) is 3.89. The maximum Gasteiger partial charge on any atom is 0.127 e. The smallest absolute Gasteiger partial charge is 0.127 e. The third kappa shape index (κ3) is 1.40. The molecule has 2 fully saturated rings. The van der Waals surface area contributed by atoms with Crippen LogP contribution in [0, 0.1) is 17.8 Å². The van der Waals surface area contributed by atoms with Crippen molar-refractivity contribution in [2.75, 3.05) is 0 Å². The molecule has 0 N–H and O–H groups in total. The first kappa shape index (κ1) is 11.7. The average Bonchev–Trinajstić information content (AvgIpc) is 2.49. The molecule has 0 aromatic rings. The van der Waals surface area contributed by atoms with Crippen LogP contribution in [0.3, 0.4) is 0 Å². The van der Waals surface area contributed by atoms with Gasteiger partial charge in [-0.1, -0.05) is 27.7 Å². The lowest BCUT2D eigenvalue weighted by molar-refractivity contribution is -0.409. The predicted octanol–water partition coefficient (Wildman–Crippen LogP) is 3.87. The van der Waals surface area contributed by atoms with E-state index in [9.17, 15) is 0 Å². The molecule has 0 radical (unpaired) electrons. The van der Waals surface area contributed by atoms with E-state index in [2.05, 4.69) is 33.8 Å². The maximum absolute atomic E-state index is 5.99. The van der Waals surface area contributed by atoms with E-state index in [1.54, 1.807) is 0 Å². The lowest BCUT2D eigenvalue weighted by atomic mass is 9.81. The summed E-state index contributed by atoms with van der Waals surface area (Å²) in [7, 11) is 0. The van der Waals surface area contributed by atoms with Gasteiger partial charge in [0.05, 0.1) is 0 Å². The minimum Gasteiger partial charge on any atom is -0.225 e. The Morgan fingerprint density at radius 3 is 2.65 bits per heavy atom. The summed E-state index contributed by atoms with van der Waals surface area (Å²) >= 11 is 0. The molecule has 0 amide bonds. The molecule has 0 aromatic heterocycles. The van der Waals surface area contributed by atoms with Crippen molar-refractivity contribution in [3.63, 3.8) is 0 Å². The van der Waals surface area contributed by atoms with Gasteiger partial charge in [0, 0.05) is 0 Å². The standard InChI is InChI=1S/C15H24O2/c1-10(2)14-7-6-12(4)15(17-16-14)8-5-11(3)13(15)9-14/h9-12H,5-8H2,1-4H3/t11-,12-,14-,15+/m1/s1. The van der Waals surface area contributed by atoms with Crippen LogP contribution in [0.2, 0.25) is 0 Å². The van der Waals surface area contributed by atoms with Crippen LogP contribution in [0.5, 0.6) is 0 Å². The summed E-state index contributed by atoms with van der Waals surface area (Å²) in [5.74, 6) is 1.73. The lowest BCUT2D eigenvalue weighted by Crippen LogP contribution is -2.46. The molecule has 96 valence electrons. The van der Waals surface area contributed by atoms with Gasteiger partial charge >= 0.3 is 0 Å². The van der Waals surface area contributed by atoms with Crippen molar-refractivity contribution >= 4 is 0 Å². The Bertz CT molecular complexity index is 360. The van der Waals surface area contributed by atoms with Crippen molar-refractivity contribution in [3.05, 3.63) is 11.6 Å². The molecule has 17 heavy (non-hydrogen) atoms. The monoisotopic (exact) mass is 236 g/mol. The largest absolute Gasteiger partial charge is 0.225 e. The second-order valence-corrected chi connectivity index (χ2v) is 6.64. The van der Waals surface area contributed by atoms with Gasteiger partial charge in [0.1, 0.15) is 11.2 Å². The molecule has 1 saturated heterocycles. The molecule has 4 aliphatic rings. The van der Waals surface area contributed by atoms with Crippen molar-refractivity contribution in [2.45, 2.75) is 64.6 Å². The van der Waals surface area contributed by atoms with E-state index in [0.717, 1.165) is 12.8 Å². The second kappa shape index (κ2) is 3.58. The highest BCUT2D eigenvalue weighted by molar-refractivity contribution is 5.32. The lowest BCUT2D eigenvalue weighted by Gasteiger charge is -2.42. The van der Waals surface area contributed by atoms with Crippen molar-refractivity contribution in [1.29, 1.82) is 0 Å². The molecule has 2 bridgehead atoms. The highest BCUT2D eigenvalue weighted by Crippen LogP contribution is 2.56. The molecule has 2 aliphatic carbocycles. The zero-order valence-corrected chi connectivity index (χ0v) is 11.5. The predicted molar refractivity (Wildman–Crippen MR) is 67.3 cm³/mol. The summed E-state index contributed by atoms with van der Waals surface area (Å²) in [5, 5.41) is 0. The van der Waals surface area contributed by atoms with Crippen molar-refractivity contribution < 1.29 is 9.78 Å². The van der Waals surface area contributed by atoms with Crippen LogP contribution in [0.25, 0.3) is 0 Å². The highest BCUT2D eigenvalue weighted by Gasteiger charge is 2.57. The van der Waals surface area contributed by atoms with E-state index in [1.165, 1.54) is 18.4 Å². The van der Waals surface area contributed by atoms with Gasteiger partial charge in [0.2, 0.25) is 0 Å². The topological polar surface area (TPSA) is 18.5 Å². The molecular weight excluding hydrogens is 212 g/mol. The van der Waals surface area contributed by atoms with Crippen LogP contribution in [-0.4, -0.2) is 11.2 Å². The van der Waals surface area contributed by atoms with Crippen molar-refractivity contribution in [2.24, 2.45) is 17.8 Å². The van der Waals surface area contributed by atoms with E-state index in [4.69, 9.17) is 9.78 Å². The Balaban J connectivity index is 2.11. The zero-order valence-electron chi connectivity index (χ0n) is 11.5. The molecule has 0 aromatic carbocycles. The number of hydrogen-bond donors (Lipinski definition) is 0. The van der Waals surface area contributed by atoms with Crippen LogP contribution < -0.4 is 0 Å². The van der Waals surface area contributed by atoms with E-state index < -0.39 is 0 Å². The first-order valence-electron chi connectivity index (χ1n) is 7.10. The summed E-state index contributed by atoms with van der Waals surface area (Å²) in [5.41, 5.74) is 1.28. The summed E-state index contributed by atoms with van der Waals surface area (Å²) < 4.78 is 0. The van der Waals surface area contributed by atoms with Gasteiger partial charge in [-0.2, -0.15) is 0 Å². The Morgan fingerprint density at radius 1 is 1.18 bits per heavy atom. The molecule has 4 atom stereocenters.